The zero-order valence-corrected chi connectivity index (χ0v) is 16.6. The second-order valence-electron chi connectivity index (χ2n) is 6.64. The predicted molar refractivity (Wildman–Crippen MR) is 106 cm³/mol. The summed E-state index contributed by atoms with van der Waals surface area (Å²) in [6.45, 7) is 4.19. The first-order chi connectivity index (χ1) is 12.2. The van der Waals surface area contributed by atoms with Crippen LogP contribution in [-0.4, -0.2) is 20.6 Å². The number of halogens is 1. The molecule has 0 aliphatic rings. The highest BCUT2D eigenvalue weighted by atomic mass is 35.5. The first-order valence-electron chi connectivity index (χ1n) is 8.29. The van der Waals surface area contributed by atoms with Gasteiger partial charge in [-0.15, -0.1) is 0 Å². The van der Waals surface area contributed by atoms with E-state index in [1.807, 2.05) is 30.3 Å². The average molecular weight is 395 g/mol. The lowest BCUT2D eigenvalue weighted by Crippen LogP contribution is -2.29. The van der Waals surface area contributed by atoms with Crippen LogP contribution in [0.2, 0.25) is 5.02 Å². The maximum absolute atomic E-state index is 12.7. The van der Waals surface area contributed by atoms with Crippen molar-refractivity contribution in [2.75, 3.05) is 11.0 Å². The maximum Gasteiger partial charge on any atom is 0.251 e. The Morgan fingerprint density at radius 2 is 1.77 bits per heavy atom. The number of benzene rings is 2. The summed E-state index contributed by atoms with van der Waals surface area (Å²) in [6.07, 6.45) is 1.82. The van der Waals surface area contributed by atoms with Gasteiger partial charge in [0.1, 0.15) is 0 Å². The average Bonchev–Trinajstić information content (AvgIpc) is 2.55. The monoisotopic (exact) mass is 394 g/mol. The van der Waals surface area contributed by atoms with Crippen LogP contribution in [0.3, 0.4) is 0 Å². The zero-order chi connectivity index (χ0) is 19.3. The molecule has 1 amide bonds. The minimum absolute atomic E-state index is 0.134. The van der Waals surface area contributed by atoms with Crippen molar-refractivity contribution >= 4 is 33.2 Å². The van der Waals surface area contributed by atoms with Gasteiger partial charge < -0.3 is 5.32 Å². The van der Waals surface area contributed by atoms with E-state index in [-0.39, 0.29) is 22.7 Å². The van der Waals surface area contributed by atoms with Crippen molar-refractivity contribution in [3.63, 3.8) is 0 Å². The van der Waals surface area contributed by atoms with E-state index in [0.717, 1.165) is 18.2 Å². The number of hydrogen-bond acceptors (Lipinski definition) is 3. The van der Waals surface area contributed by atoms with Crippen molar-refractivity contribution in [1.82, 2.24) is 5.32 Å². The van der Waals surface area contributed by atoms with Gasteiger partial charge in [-0.3, -0.25) is 9.52 Å². The predicted octanol–water partition coefficient (Wildman–Crippen LogP) is 4.23. The molecule has 0 heterocycles. The molecule has 1 atom stereocenters. The highest BCUT2D eigenvalue weighted by Gasteiger charge is 2.18. The molecule has 2 N–H and O–H groups in total. The van der Waals surface area contributed by atoms with Gasteiger partial charge in [-0.25, -0.2) is 8.42 Å². The number of amides is 1. The normalized spacial score (nSPS) is 12.7. The molecule has 140 valence electrons. The van der Waals surface area contributed by atoms with Crippen molar-refractivity contribution in [3.05, 3.63) is 64.7 Å². The van der Waals surface area contributed by atoms with Crippen molar-refractivity contribution < 1.29 is 13.2 Å². The fourth-order valence-electron chi connectivity index (χ4n) is 2.62. The van der Waals surface area contributed by atoms with E-state index in [2.05, 4.69) is 23.9 Å². The van der Waals surface area contributed by atoms with Gasteiger partial charge in [0, 0.05) is 5.56 Å². The number of nitrogens with one attached hydrogen (secondary N) is 2. The zero-order valence-electron chi connectivity index (χ0n) is 15.0. The second kappa shape index (κ2) is 8.56. The topological polar surface area (TPSA) is 75.3 Å². The number of rotatable bonds is 7. The number of sulfonamides is 1. The molecule has 2 aromatic carbocycles. The van der Waals surface area contributed by atoms with Gasteiger partial charge in [0.2, 0.25) is 10.0 Å². The van der Waals surface area contributed by atoms with Crippen LogP contribution in [0.15, 0.2) is 48.5 Å². The molecule has 7 heteroatoms. The Balaban J connectivity index is 2.25. The van der Waals surface area contributed by atoms with E-state index in [1.165, 1.54) is 12.1 Å². The van der Waals surface area contributed by atoms with Crippen molar-refractivity contribution in [3.8, 4) is 0 Å². The van der Waals surface area contributed by atoms with Gasteiger partial charge in [-0.05, 0) is 36.1 Å². The van der Waals surface area contributed by atoms with Gasteiger partial charge in [0.15, 0.2) is 0 Å². The van der Waals surface area contributed by atoms with Crippen LogP contribution in [0.25, 0.3) is 0 Å². The molecule has 0 fully saturated rings. The molecular weight excluding hydrogens is 372 g/mol. The molecule has 2 rings (SSSR count). The minimum Gasteiger partial charge on any atom is -0.345 e. The van der Waals surface area contributed by atoms with Gasteiger partial charge in [-0.1, -0.05) is 55.8 Å². The smallest absolute Gasteiger partial charge is 0.251 e. The number of anilines is 1. The van der Waals surface area contributed by atoms with Gasteiger partial charge in [-0.2, -0.15) is 0 Å². The highest BCUT2D eigenvalue weighted by Crippen LogP contribution is 2.25. The number of carbonyl (C=O) groups is 1. The lowest BCUT2D eigenvalue weighted by Gasteiger charge is -2.21. The summed E-state index contributed by atoms with van der Waals surface area (Å²) in [7, 11) is -3.49. The summed E-state index contributed by atoms with van der Waals surface area (Å²) < 4.78 is 25.2. The van der Waals surface area contributed by atoms with Gasteiger partial charge in [0.05, 0.1) is 23.0 Å². The Morgan fingerprint density at radius 3 is 2.35 bits per heavy atom. The fraction of sp³-hybridized carbons (Fsp3) is 0.316. The molecule has 0 saturated heterocycles. The Morgan fingerprint density at radius 1 is 1.12 bits per heavy atom. The van der Waals surface area contributed by atoms with Crippen molar-refractivity contribution in [2.24, 2.45) is 5.92 Å². The molecular formula is C19H23ClN2O3S. The maximum atomic E-state index is 12.7. The molecule has 0 spiro atoms. The standard InChI is InChI=1S/C19H23ClN2O3S/c1-13(2)11-17(14-7-5-4-6-8-14)21-19(23)15-9-10-16(20)18(12-15)22-26(3,24)25/h4-10,12-13,17,22H,11H2,1-3H3,(H,21,23). The first kappa shape index (κ1) is 20.3. The first-order valence-corrected chi connectivity index (χ1v) is 10.6. The van der Waals surface area contributed by atoms with E-state index < -0.39 is 10.0 Å². The number of carbonyl (C=O) groups excluding carboxylic acids is 1. The summed E-state index contributed by atoms with van der Waals surface area (Å²) in [4.78, 5) is 12.7. The van der Waals surface area contributed by atoms with Crippen molar-refractivity contribution in [1.29, 1.82) is 0 Å². The van der Waals surface area contributed by atoms with Crippen LogP contribution < -0.4 is 10.0 Å². The molecule has 0 saturated carbocycles. The molecule has 0 radical (unpaired) electrons. The summed E-state index contributed by atoms with van der Waals surface area (Å²) in [6, 6.07) is 14.1. The second-order valence-corrected chi connectivity index (χ2v) is 8.79. The third-order valence-corrected chi connectivity index (χ3v) is 4.66. The van der Waals surface area contributed by atoms with E-state index in [4.69, 9.17) is 11.6 Å². The molecule has 0 aliphatic heterocycles. The summed E-state index contributed by atoms with van der Waals surface area (Å²) in [5, 5.41) is 3.26. The van der Waals surface area contributed by atoms with Gasteiger partial charge >= 0.3 is 0 Å². The van der Waals surface area contributed by atoms with E-state index >= 15 is 0 Å². The van der Waals surface area contributed by atoms with Crippen LogP contribution >= 0.6 is 11.6 Å². The lowest BCUT2D eigenvalue weighted by atomic mass is 9.96. The Kier molecular flexibility index (Phi) is 6.67. The molecule has 0 bridgehead atoms. The van der Waals surface area contributed by atoms with Crippen LogP contribution in [0.4, 0.5) is 5.69 Å². The van der Waals surface area contributed by atoms with E-state index in [9.17, 15) is 13.2 Å². The summed E-state index contributed by atoms with van der Waals surface area (Å²) in [5.74, 6) is 0.112. The quantitative estimate of drug-likeness (QED) is 0.737. The molecule has 26 heavy (non-hydrogen) atoms. The third kappa shape index (κ3) is 6.04. The van der Waals surface area contributed by atoms with Crippen molar-refractivity contribution in [2.45, 2.75) is 26.3 Å². The Bertz CT molecular complexity index is 868. The largest absolute Gasteiger partial charge is 0.345 e. The molecule has 1 unspecified atom stereocenters. The van der Waals surface area contributed by atoms with Crippen LogP contribution in [0, 0.1) is 5.92 Å². The fourth-order valence-corrected chi connectivity index (χ4v) is 3.41. The summed E-state index contributed by atoms with van der Waals surface area (Å²) >= 11 is 6.02. The van der Waals surface area contributed by atoms with Crippen LogP contribution in [0.5, 0.6) is 0 Å². The molecule has 2 aromatic rings. The molecule has 5 nitrogen and oxygen atoms in total. The Hall–Kier alpha value is -2.05. The SMILES string of the molecule is CC(C)CC(NC(=O)c1ccc(Cl)c(NS(C)(=O)=O)c1)c1ccccc1. The van der Waals surface area contributed by atoms with E-state index in [1.54, 1.807) is 6.07 Å². The van der Waals surface area contributed by atoms with Crippen LogP contribution in [-0.2, 0) is 10.0 Å². The van der Waals surface area contributed by atoms with Crippen LogP contribution in [0.1, 0.15) is 42.2 Å². The molecule has 0 aliphatic carbocycles. The minimum atomic E-state index is -3.49. The van der Waals surface area contributed by atoms with Gasteiger partial charge in [0.25, 0.3) is 5.91 Å². The van der Waals surface area contributed by atoms with E-state index in [0.29, 0.717) is 11.5 Å². The molecule has 0 aromatic heterocycles. The highest BCUT2D eigenvalue weighted by molar-refractivity contribution is 7.92. The summed E-state index contributed by atoms with van der Waals surface area (Å²) in [5.41, 5.74) is 1.55. The third-order valence-electron chi connectivity index (χ3n) is 3.74. The lowest BCUT2D eigenvalue weighted by molar-refractivity contribution is 0.0932. The Labute approximate surface area is 159 Å². The number of hydrogen-bond donors (Lipinski definition) is 2.